The first kappa shape index (κ1) is 18.2. The zero-order chi connectivity index (χ0) is 15.0. The molecule has 0 aromatic carbocycles. The third-order valence-corrected chi connectivity index (χ3v) is 5.05. The zero-order valence-corrected chi connectivity index (χ0v) is 14.2. The second-order valence-corrected chi connectivity index (χ2v) is 7.48. The van der Waals surface area contributed by atoms with Gasteiger partial charge in [0, 0.05) is 24.9 Å². The first-order valence-electron chi connectivity index (χ1n) is 7.71. The van der Waals surface area contributed by atoms with Crippen LogP contribution in [0.25, 0.3) is 0 Å². The molecule has 1 rings (SSSR count). The van der Waals surface area contributed by atoms with Gasteiger partial charge in [0.05, 0.1) is 32.0 Å². The van der Waals surface area contributed by atoms with Crippen molar-refractivity contribution in [1.29, 1.82) is 0 Å². The summed E-state index contributed by atoms with van der Waals surface area (Å²) in [6, 6.07) is 0.144. The van der Waals surface area contributed by atoms with Gasteiger partial charge in [0.1, 0.15) is 0 Å². The first-order chi connectivity index (χ1) is 9.47. The molecule has 0 radical (unpaired) electrons. The van der Waals surface area contributed by atoms with Crippen LogP contribution >= 0.6 is 11.8 Å². The average molecular weight is 305 g/mol. The van der Waals surface area contributed by atoms with Gasteiger partial charge in [-0.05, 0) is 18.6 Å². The lowest BCUT2D eigenvalue weighted by Crippen LogP contribution is -2.54. The van der Waals surface area contributed by atoms with E-state index in [-0.39, 0.29) is 6.04 Å². The third-order valence-electron chi connectivity index (χ3n) is 3.88. The van der Waals surface area contributed by atoms with Gasteiger partial charge in [-0.1, -0.05) is 20.8 Å². The van der Waals surface area contributed by atoms with Crippen LogP contribution in [0.4, 0.5) is 0 Å². The van der Waals surface area contributed by atoms with E-state index in [9.17, 15) is 5.11 Å². The molecule has 0 amide bonds. The van der Waals surface area contributed by atoms with E-state index >= 15 is 0 Å². The van der Waals surface area contributed by atoms with E-state index in [1.807, 2.05) is 18.7 Å². The van der Waals surface area contributed by atoms with Crippen LogP contribution in [0.1, 0.15) is 34.1 Å². The maximum absolute atomic E-state index is 10.7. The van der Waals surface area contributed by atoms with Gasteiger partial charge in [0.2, 0.25) is 0 Å². The maximum atomic E-state index is 10.7. The molecule has 4 nitrogen and oxygen atoms in total. The van der Waals surface area contributed by atoms with E-state index in [2.05, 4.69) is 25.7 Å². The second-order valence-electron chi connectivity index (χ2n) is 5.87. The van der Waals surface area contributed by atoms with Crippen LogP contribution in [0.3, 0.4) is 0 Å². The van der Waals surface area contributed by atoms with Crippen LogP contribution in [0.2, 0.25) is 0 Å². The maximum Gasteiger partial charge on any atom is 0.0779 e. The number of aliphatic hydroxyl groups is 1. The molecule has 5 heteroatoms. The Bertz CT molecular complexity index is 252. The van der Waals surface area contributed by atoms with E-state index in [1.165, 1.54) is 0 Å². The Kier molecular flexibility index (Phi) is 8.44. The van der Waals surface area contributed by atoms with Crippen LogP contribution < -0.4 is 0 Å². The highest BCUT2D eigenvalue weighted by Crippen LogP contribution is 2.25. The molecular formula is C15H31NO3S. The van der Waals surface area contributed by atoms with Gasteiger partial charge in [-0.2, -0.15) is 11.8 Å². The van der Waals surface area contributed by atoms with Crippen molar-refractivity contribution in [2.24, 2.45) is 0 Å². The molecule has 1 saturated heterocycles. The molecule has 0 spiro atoms. The monoisotopic (exact) mass is 305 g/mol. The molecule has 0 aliphatic carbocycles. The molecule has 20 heavy (non-hydrogen) atoms. The Balaban J connectivity index is 2.71. The van der Waals surface area contributed by atoms with Crippen molar-refractivity contribution >= 4 is 11.8 Å². The minimum Gasteiger partial charge on any atom is -0.389 e. The summed E-state index contributed by atoms with van der Waals surface area (Å²) in [7, 11) is 0. The summed E-state index contributed by atoms with van der Waals surface area (Å²) in [4.78, 5) is 2.34. The van der Waals surface area contributed by atoms with Crippen molar-refractivity contribution in [3.63, 3.8) is 0 Å². The molecule has 0 saturated carbocycles. The van der Waals surface area contributed by atoms with Crippen LogP contribution in [0.15, 0.2) is 0 Å². The van der Waals surface area contributed by atoms with Gasteiger partial charge in [0.15, 0.2) is 0 Å². The smallest absolute Gasteiger partial charge is 0.0779 e. The summed E-state index contributed by atoms with van der Waals surface area (Å²) in [5.74, 6) is 0.943. The Morgan fingerprint density at radius 1 is 1.15 bits per heavy atom. The fourth-order valence-electron chi connectivity index (χ4n) is 2.31. The molecule has 1 aliphatic heterocycles. The van der Waals surface area contributed by atoms with Crippen LogP contribution in [-0.2, 0) is 9.47 Å². The first-order valence-corrected chi connectivity index (χ1v) is 8.75. The number of rotatable bonds is 6. The molecule has 120 valence electrons. The molecular weight excluding hydrogens is 274 g/mol. The number of hydrogen-bond donors (Lipinski definition) is 1. The number of hydrogen-bond acceptors (Lipinski definition) is 5. The van der Waals surface area contributed by atoms with Crippen LogP contribution in [-0.4, -0.2) is 72.2 Å². The number of ether oxygens (including phenoxy) is 2. The largest absolute Gasteiger partial charge is 0.389 e. The predicted octanol–water partition coefficient (Wildman–Crippen LogP) is 2.01. The highest BCUT2D eigenvalue weighted by atomic mass is 32.2. The summed E-state index contributed by atoms with van der Waals surface area (Å²) in [5, 5.41) is 11.3. The van der Waals surface area contributed by atoms with Gasteiger partial charge in [-0.15, -0.1) is 0 Å². The molecule has 1 unspecified atom stereocenters. The lowest BCUT2D eigenvalue weighted by Gasteiger charge is -2.40. The van der Waals surface area contributed by atoms with Crippen LogP contribution in [0.5, 0.6) is 0 Å². The summed E-state index contributed by atoms with van der Waals surface area (Å²) < 4.78 is 11.1. The van der Waals surface area contributed by atoms with E-state index in [0.717, 1.165) is 25.3 Å². The Hall–Kier alpha value is 0.190. The molecule has 0 bridgehead atoms. The lowest BCUT2D eigenvalue weighted by atomic mass is 9.93. The SMILES string of the molecule is CCC(C)(O)[C@H](CSC(C)C)N1CCOCCOCC1. The molecule has 1 N–H and O–H groups in total. The van der Waals surface area contributed by atoms with Crippen molar-refractivity contribution in [1.82, 2.24) is 4.90 Å². The lowest BCUT2D eigenvalue weighted by molar-refractivity contribution is -0.0350. The average Bonchev–Trinajstić information content (AvgIpc) is 2.52. The van der Waals surface area contributed by atoms with Crippen molar-refractivity contribution in [3.05, 3.63) is 0 Å². The minimum absolute atomic E-state index is 0.144. The summed E-state index contributed by atoms with van der Waals surface area (Å²) in [6.45, 7) is 12.9. The molecule has 1 fully saturated rings. The highest BCUT2D eigenvalue weighted by molar-refractivity contribution is 7.99. The van der Waals surface area contributed by atoms with Gasteiger partial charge >= 0.3 is 0 Å². The van der Waals surface area contributed by atoms with Gasteiger partial charge in [-0.25, -0.2) is 0 Å². The molecule has 0 aromatic heterocycles. The Labute approximate surface area is 128 Å². The fourth-order valence-corrected chi connectivity index (χ4v) is 3.44. The van der Waals surface area contributed by atoms with Crippen molar-refractivity contribution in [3.8, 4) is 0 Å². The van der Waals surface area contributed by atoms with Gasteiger partial charge in [-0.3, -0.25) is 4.90 Å². The van der Waals surface area contributed by atoms with Crippen LogP contribution in [0, 0.1) is 0 Å². The van der Waals surface area contributed by atoms with Gasteiger partial charge < -0.3 is 14.6 Å². The molecule has 0 aromatic rings. The van der Waals surface area contributed by atoms with E-state index < -0.39 is 5.60 Å². The Morgan fingerprint density at radius 3 is 2.15 bits per heavy atom. The summed E-state index contributed by atoms with van der Waals surface area (Å²) in [6.07, 6.45) is 0.758. The standard InChI is InChI=1S/C15H31NO3S/c1-5-15(4,17)14(12-20-13(2)3)16-6-8-18-10-11-19-9-7-16/h13-14,17H,5-12H2,1-4H3/t14-,15?/m0/s1. The molecule has 2 atom stereocenters. The Morgan fingerprint density at radius 2 is 1.70 bits per heavy atom. The van der Waals surface area contributed by atoms with Crippen molar-refractivity contribution in [2.45, 2.75) is 51.0 Å². The quantitative estimate of drug-likeness (QED) is 0.813. The van der Waals surface area contributed by atoms with E-state index in [1.54, 1.807) is 0 Å². The number of thioether (sulfide) groups is 1. The minimum atomic E-state index is -0.671. The zero-order valence-electron chi connectivity index (χ0n) is 13.4. The molecule has 1 heterocycles. The third kappa shape index (κ3) is 6.31. The van der Waals surface area contributed by atoms with Gasteiger partial charge in [0.25, 0.3) is 0 Å². The summed E-state index contributed by atoms with van der Waals surface area (Å²) in [5.41, 5.74) is -0.671. The second kappa shape index (κ2) is 9.26. The van der Waals surface area contributed by atoms with Crippen molar-refractivity contribution in [2.75, 3.05) is 45.3 Å². The van der Waals surface area contributed by atoms with E-state index in [0.29, 0.717) is 31.7 Å². The predicted molar refractivity (Wildman–Crippen MR) is 85.5 cm³/mol. The highest BCUT2D eigenvalue weighted by Gasteiger charge is 2.34. The fraction of sp³-hybridized carbons (Fsp3) is 1.00. The van der Waals surface area contributed by atoms with E-state index in [4.69, 9.17) is 9.47 Å². The van der Waals surface area contributed by atoms with Crippen molar-refractivity contribution < 1.29 is 14.6 Å². The normalized spacial score (nSPS) is 23.7. The number of nitrogens with zero attached hydrogens (tertiary/aromatic N) is 1. The topological polar surface area (TPSA) is 41.9 Å². The molecule has 1 aliphatic rings. The summed E-state index contributed by atoms with van der Waals surface area (Å²) >= 11 is 1.91.